The minimum absolute atomic E-state index is 0.0318. The Bertz CT molecular complexity index is 981. The van der Waals surface area contributed by atoms with Gasteiger partial charge >= 0.3 is 0 Å². The van der Waals surface area contributed by atoms with Gasteiger partial charge in [-0.1, -0.05) is 39.0 Å². The molecule has 144 valence electrons. The van der Waals surface area contributed by atoms with Gasteiger partial charge in [0.05, 0.1) is 0 Å². The lowest BCUT2D eigenvalue weighted by atomic mass is 9.92. The number of ketones is 1. The molecule has 1 aromatic heterocycles. The van der Waals surface area contributed by atoms with Gasteiger partial charge in [0, 0.05) is 30.2 Å². The van der Waals surface area contributed by atoms with Gasteiger partial charge in [0.25, 0.3) is 0 Å². The Kier molecular flexibility index (Phi) is 5.45. The normalized spacial score (nSPS) is 11.3. The Balaban J connectivity index is 1.86. The highest BCUT2D eigenvalue weighted by Gasteiger charge is 2.20. The highest BCUT2D eigenvalue weighted by Crippen LogP contribution is 2.31. The summed E-state index contributed by atoms with van der Waals surface area (Å²) in [6.07, 6.45) is 0.436. The Labute approximate surface area is 164 Å². The molecular weight excluding hydrogens is 352 g/mol. The Morgan fingerprint density at radius 2 is 1.61 bits per heavy atom. The van der Waals surface area contributed by atoms with Gasteiger partial charge in [-0.15, -0.1) is 0 Å². The molecule has 3 aromatic rings. The molecule has 0 saturated carbocycles. The Morgan fingerprint density at radius 3 is 2.18 bits per heavy atom. The summed E-state index contributed by atoms with van der Waals surface area (Å²) < 4.78 is 5.92. The monoisotopic (exact) mass is 376 g/mol. The van der Waals surface area contributed by atoms with Crippen molar-refractivity contribution in [2.75, 3.05) is 5.32 Å². The third-order valence-corrected chi connectivity index (χ3v) is 4.10. The van der Waals surface area contributed by atoms with Crippen LogP contribution in [0, 0.1) is 5.41 Å². The van der Waals surface area contributed by atoms with Gasteiger partial charge in [-0.05, 0) is 41.8 Å². The number of benzene rings is 2. The van der Waals surface area contributed by atoms with Crippen molar-refractivity contribution in [1.82, 2.24) is 4.98 Å². The summed E-state index contributed by atoms with van der Waals surface area (Å²) >= 11 is 0. The first kappa shape index (κ1) is 19.5. The molecule has 0 bridgehead atoms. The number of hydrogen-bond acceptors (Lipinski definition) is 4. The smallest absolute Gasteiger partial charge is 0.227 e. The van der Waals surface area contributed by atoms with Crippen LogP contribution in [0.4, 0.5) is 5.69 Å². The zero-order chi connectivity index (χ0) is 20.3. The van der Waals surface area contributed by atoms with Crippen LogP contribution < -0.4 is 5.32 Å². The zero-order valence-corrected chi connectivity index (χ0v) is 16.6. The molecule has 5 nitrogen and oxygen atoms in total. The number of anilines is 1. The molecule has 0 saturated heterocycles. The Morgan fingerprint density at radius 1 is 0.964 bits per heavy atom. The fourth-order valence-corrected chi connectivity index (χ4v) is 2.85. The topological polar surface area (TPSA) is 72.2 Å². The molecule has 0 atom stereocenters. The third kappa shape index (κ3) is 4.74. The van der Waals surface area contributed by atoms with Gasteiger partial charge in [0.1, 0.15) is 0 Å². The second-order valence-electron chi connectivity index (χ2n) is 7.98. The standard InChI is InChI=1S/C23H24N2O3/c1-15(26)20-21(28-22(25-20)17-8-6-5-7-9-17)16-10-12-18(13-11-16)24-19(27)14-23(2,3)4/h5-13H,14H2,1-4H3,(H,24,27). The van der Waals surface area contributed by atoms with Crippen molar-refractivity contribution in [1.29, 1.82) is 0 Å². The molecule has 1 N–H and O–H groups in total. The van der Waals surface area contributed by atoms with Crippen LogP contribution in [0.25, 0.3) is 22.8 Å². The van der Waals surface area contributed by atoms with Gasteiger partial charge in [0.2, 0.25) is 11.8 Å². The largest absolute Gasteiger partial charge is 0.435 e. The van der Waals surface area contributed by atoms with E-state index < -0.39 is 0 Å². The average molecular weight is 376 g/mol. The summed E-state index contributed by atoms with van der Waals surface area (Å²) in [7, 11) is 0. The van der Waals surface area contributed by atoms with E-state index in [1.54, 1.807) is 12.1 Å². The minimum Gasteiger partial charge on any atom is -0.435 e. The van der Waals surface area contributed by atoms with Crippen LogP contribution in [0.3, 0.4) is 0 Å². The molecule has 0 aliphatic rings. The molecule has 2 aromatic carbocycles. The first-order valence-corrected chi connectivity index (χ1v) is 9.20. The van der Waals surface area contributed by atoms with Gasteiger partial charge < -0.3 is 9.73 Å². The van der Waals surface area contributed by atoms with Crippen LogP contribution in [0.15, 0.2) is 59.0 Å². The number of oxazole rings is 1. The van der Waals surface area contributed by atoms with Crippen LogP contribution in [0.5, 0.6) is 0 Å². The maximum atomic E-state index is 12.1. The third-order valence-electron chi connectivity index (χ3n) is 4.10. The number of rotatable bonds is 5. The number of carbonyl (C=O) groups excluding carboxylic acids is 2. The van der Waals surface area contributed by atoms with E-state index in [0.717, 1.165) is 11.1 Å². The quantitative estimate of drug-likeness (QED) is 0.590. The summed E-state index contributed by atoms with van der Waals surface area (Å²) in [6.45, 7) is 7.53. The molecule has 0 aliphatic carbocycles. The molecule has 0 radical (unpaired) electrons. The lowest BCUT2D eigenvalue weighted by molar-refractivity contribution is -0.117. The molecular formula is C23H24N2O3. The summed E-state index contributed by atoms with van der Waals surface area (Å²) in [4.78, 5) is 28.5. The van der Waals surface area contributed by atoms with E-state index in [0.29, 0.717) is 29.5 Å². The number of amides is 1. The van der Waals surface area contributed by atoms with Crippen molar-refractivity contribution in [2.24, 2.45) is 5.41 Å². The summed E-state index contributed by atoms with van der Waals surface area (Å²) in [6, 6.07) is 16.7. The summed E-state index contributed by atoms with van der Waals surface area (Å²) in [5.74, 6) is 0.640. The highest BCUT2D eigenvalue weighted by molar-refractivity contribution is 5.98. The molecule has 28 heavy (non-hydrogen) atoms. The van der Waals surface area contributed by atoms with Gasteiger partial charge in [-0.25, -0.2) is 4.98 Å². The van der Waals surface area contributed by atoms with Crippen LogP contribution in [-0.2, 0) is 4.79 Å². The average Bonchev–Trinajstić information content (AvgIpc) is 3.07. The van der Waals surface area contributed by atoms with E-state index >= 15 is 0 Å². The molecule has 0 unspecified atom stereocenters. The molecule has 1 amide bonds. The first-order chi connectivity index (χ1) is 13.2. The predicted octanol–water partition coefficient (Wildman–Crippen LogP) is 5.59. The van der Waals surface area contributed by atoms with Crippen LogP contribution in [0.1, 0.15) is 44.6 Å². The number of hydrogen-bond donors (Lipinski definition) is 1. The van der Waals surface area contributed by atoms with E-state index in [4.69, 9.17) is 4.42 Å². The zero-order valence-electron chi connectivity index (χ0n) is 16.6. The first-order valence-electron chi connectivity index (χ1n) is 9.20. The molecule has 0 spiro atoms. The molecule has 0 aliphatic heterocycles. The summed E-state index contributed by atoms with van der Waals surface area (Å²) in [5.41, 5.74) is 2.46. The lowest BCUT2D eigenvalue weighted by Crippen LogP contribution is -2.19. The maximum absolute atomic E-state index is 12.1. The van der Waals surface area contributed by atoms with Crippen LogP contribution >= 0.6 is 0 Å². The molecule has 5 heteroatoms. The lowest BCUT2D eigenvalue weighted by Gasteiger charge is -2.17. The fourth-order valence-electron chi connectivity index (χ4n) is 2.85. The SMILES string of the molecule is CC(=O)c1nc(-c2ccccc2)oc1-c1ccc(NC(=O)CC(C)(C)C)cc1. The Hall–Kier alpha value is -3.21. The van der Waals surface area contributed by atoms with E-state index in [9.17, 15) is 9.59 Å². The highest BCUT2D eigenvalue weighted by atomic mass is 16.4. The number of Topliss-reactive ketones (excluding diaryl/α,β-unsaturated/α-hetero) is 1. The number of nitrogens with zero attached hydrogens (tertiary/aromatic N) is 1. The molecule has 3 rings (SSSR count). The maximum Gasteiger partial charge on any atom is 0.227 e. The number of nitrogens with one attached hydrogen (secondary N) is 1. The predicted molar refractivity (Wildman–Crippen MR) is 110 cm³/mol. The van der Waals surface area contributed by atoms with Crippen molar-refractivity contribution >= 4 is 17.4 Å². The minimum atomic E-state index is -0.163. The van der Waals surface area contributed by atoms with Crippen molar-refractivity contribution in [3.63, 3.8) is 0 Å². The second kappa shape index (κ2) is 7.80. The van der Waals surface area contributed by atoms with Gasteiger partial charge in [0.15, 0.2) is 17.2 Å². The van der Waals surface area contributed by atoms with E-state index in [2.05, 4.69) is 10.3 Å². The molecule has 0 fully saturated rings. The van der Waals surface area contributed by atoms with Gasteiger partial charge in [-0.3, -0.25) is 9.59 Å². The van der Waals surface area contributed by atoms with Crippen molar-refractivity contribution in [2.45, 2.75) is 34.1 Å². The van der Waals surface area contributed by atoms with Crippen LogP contribution in [-0.4, -0.2) is 16.7 Å². The number of aromatic nitrogens is 1. The number of carbonyl (C=O) groups is 2. The van der Waals surface area contributed by atoms with Gasteiger partial charge in [-0.2, -0.15) is 0 Å². The van der Waals surface area contributed by atoms with E-state index in [1.165, 1.54) is 6.92 Å². The van der Waals surface area contributed by atoms with Crippen LogP contribution in [0.2, 0.25) is 0 Å². The van der Waals surface area contributed by atoms with E-state index in [-0.39, 0.29) is 17.1 Å². The van der Waals surface area contributed by atoms with E-state index in [1.807, 2.05) is 63.2 Å². The van der Waals surface area contributed by atoms with Crippen molar-refractivity contribution in [3.8, 4) is 22.8 Å². The van der Waals surface area contributed by atoms with Crippen molar-refractivity contribution in [3.05, 3.63) is 60.3 Å². The van der Waals surface area contributed by atoms with Crippen molar-refractivity contribution < 1.29 is 14.0 Å². The molecule has 1 heterocycles. The second-order valence-corrected chi connectivity index (χ2v) is 7.98. The summed E-state index contributed by atoms with van der Waals surface area (Å²) in [5, 5.41) is 2.89. The fraction of sp³-hybridized carbons (Fsp3) is 0.261.